The first kappa shape index (κ1) is 16.7. The summed E-state index contributed by atoms with van der Waals surface area (Å²) in [7, 11) is 1.81. The van der Waals surface area contributed by atoms with E-state index >= 15 is 0 Å². The molecule has 0 saturated carbocycles. The zero-order chi connectivity index (χ0) is 18.1. The van der Waals surface area contributed by atoms with Crippen LogP contribution in [-0.2, 0) is 4.74 Å². The molecule has 26 heavy (non-hydrogen) atoms. The van der Waals surface area contributed by atoms with E-state index in [1.54, 1.807) is 6.07 Å². The van der Waals surface area contributed by atoms with Crippen molar-refractivity contribution in [2.45, 2.75) is 6.92 Å². The third-order valence-corrected chi connectivity index (χ3v) is 4.51. The van der Waals surface area contributed by atoms with Crippen LogP contribution in [0, 0.1) is 12.7 Å². The molecule has 7 heteroatoms. The van der Waals surface area contributed by atoms with Crippen LogP contribution in [0.3, 0.4) is 0 Å². The van der Waals surface area contributed by atoms with Crippen molar-refractivity contribution in [2.24, 2.45) is 0 Å². The number of nitrogens with one attached hydrogen (secondary N) is 1. The van der Waals surface area contributed by atoms with Crippen LogP contribution in [0.5, 0.6) is 0 Å². The lowest BCUT2D eigenvalue weighted by atomic mass is 10.1. The van der Waals surface area contributed by atoms with E-state index in [1.807, 2.05) is 32.2 Å². The van der Waals surface area contributed by atoms with E-state index in [4.69, 9.17) is 4.74 Å². The number of anilines is 2. The van der Waals surface area contributed by atoms with Crippen LogP contribution in [0.1, 0.15) is 5.82 Å². The molecule has 0 amide bonds. The molecule has 1 aliphatic heterocycles. The molecule has 1 aromatic carbocycles. The molecule has 2 aromatic heterocycles. The highest BCUT2D eigenvalue weighted by Gasteiger charge is 2.20. The fourth-order valence-corrected chi connectivity index (χ4v) is 3.28. The van der Waals surface area contributed by atoms with Gasteiger partial charge in [0.05, 0.1) is 29.9 Å². The fraction of sp³-hybridized carbons (Fsp3) is 0.316. The van der Waals surface area contributed by atoms with Crippen LogP contribution in [0.25, 0.3) is 22.3 Å². The van der Waals surface area contributed by atoms with Crippen LogP contribution >= 0.6 is 0 Å². The van der Waals surface area contributed by atoms with Gasteiger partial charge in [0.2, 0.25) is 0 Å². The van der Waals surface area contributed by atoms with Crippen LogP contribution in [0.4, 0.5) is 15.9 Å². The third-order valence-electron chi connectivity index (χ3n) is 4.51. The van der Waals surface area contributed by atoms with Crippen molar-refractivity contribution >= 4 is 22.5 Å². The summed E-state index contributed by atoms with van der Waals surface area (Å²) < 4.78 is 20.2. The zero-order valence-corrected chi connectivity index (χ0v) is 14.8. The Hall–Kier alpha value is -2.80. The van der Waals surface area contributed by atoms with Gasteiger partial charge in [0.1, 0.15) is 17.5 Å². The molecule has 1 fully saturated rings. The maximum absolute atomic E-state index is 14.8. The summed E-state index contributed by atoms with van der Waals surface area (Å²) in [6, 6.07) is 8.84. The molecule has 0 bridgehead atoms. The molecule has 1 aliphatic rings. The molecular formula is C19H20FN5O. The van der Waals surface area contributed by atoms with Crippen molar-refractivity contribution in [3.05, 3.63) is 42.0 Å². The highest BCUT2D eigenvalue weighted by Crippen LogP contribution is 2.34. The highest BCUT2D eigenvalue weighted by atomic mass is 19.1. The van der Waals surface area contributed by atoms with E-state index in [2.05, 4.69) is 25.2 Å². The Morgan fingerprint density at radius 3 is 2.65 bits per heavy atom. The minimum atomic E-state index is -0.291. The minimum Gasteiger partial charge on any atom is -0.378 e. The van der Waals surface area contributed by atoms with Crippen molar-refractivity contribution in [1.82, 2.24) is 15.0 Å². The normalized spacial score (nSPS) is 14.7. The predicted molar refractivity (Wildman–Crippen MR) is 100 cm³/mol. The van der Waals surface area contributed by atoms with Gasteiger partial charge in [-0.25, -0.2) is 19.3 Å². The number of fused-ring (bicyclic) bond motifs is 1. The third kappa shape index (κ3) is 2.94. The van der Waals surface area contributed by atoms with Crippen LogP contribution in [0.15, 0.2) is 30.3 Å². The molecule has 134 valence electrons. The summed E-state index contributed by atoms with van der Waals surface area (Å²) in [5.74, 6) is 1.04. The van der Waals surface area contributed by atoms with E-state index in [-0.39, 0.29) is 5.82 Å². The van der Waals surface area contributed by atoms with Gasteiger partial charge in [0.25, 0.3) is 0 Å². The molecule has 3 aromatic rings. The molecule has 3 heterocycles. The predicted octanol–water partition coefficient (Wildman–Crippen LogP) is 3.02. The average molecular weight is 353 g/mol. The van der Waals surface area contributed by atoms with Gasteiger partial charge in [0.15, 0.2) is 5.65 Å². The second kappa shape index (κ2) is 6.84. The van der Waals surface area contributed by atoms with E-state index in [1.165, 1.54) is 6.07 Å². The van der Waals surface area contributed by atoms with Gasteiger partial charge in [0, 0.05) is 25.8 Å². The molecular weight excluding hydrogens is 333 g/mol. The number of pyridine rings is 1. The molecule has 4 rings (SSSR count). The molecule has 0 aliphatic carbocycles. The van der Waals surface area contributed by atoms with Crippen LogP contribution in [-0.4, -0.2) is 48.3 Å². The number of benzene rings is 1. The SMILES string of the molecule is CNc1nc(C)nc2nc(-c3c(F)cccc3N3CCOCC3)ccc12. The van der Waals surface area contributed by atoms with Gasteiger partial charge in [-0.3, -0.25) is 0 Å². The number of hydrogen-bond donors (Lipinski definition) is 1. The number of nitrogens with zero attached hydrogens (tertiary/aromatic N) is 4. The Kier molecular flexibility index (Phi) is 4.38. The first-order valence-electron chi connectivity index (χ1n) is 8.62. The Balaban J connectivity index is 1.87. The first-order chi connectivity index (χ1) is 12.7. The quantitative estimate of drug-likeness (QED) is 0.781. The van der Waals surface area contributed by atoms with Gasteiger partial charge >= 0.3 is 0 Å². The average Bonchev–Trinajstić information content (AvgIpc) is 2.67. The Bertz CT molecular complexity index is 956. The molecule has 0 unspecified atom stereocenters. The smallest absolute Gasteiger partial charge is 0.165 e. The van der Waals surface area contributed by atoms with E-state index in [0.29, 0.717) is 41.8 Å². The van der Waals surface area contributed by atoms with Crippen LogP contribution < -0.4 is 10.2 Å². The van der Waals surface area contributed by atoms with Gasteiger partial charge in [-0.05, 0) is 31.2 Å². The number of aryl methyl sites for hydroxylation is 1. The topological polar surface area (TPSA) is 63.2 Å². The van der Waals surface area contributed by atoms with Crippen molar-refractivity contribution in [3.8, 4) is 11.3 Å². The van der Waals surface area contributed by atoms with Crippen molar-refractivity contribution < 1.29 is 9.13 Å². The van der Waals surface area contributed by atoms with E-state index in [0.717, 1.165) is 24.2 Å². The van der Waals surface area contributed by atoms with Crippen molar-refractivity contribution in [2.75, 3.05) is 43.6 Å². The molecule has 6 nitrogen and oxygen atoms in total. The van der Waals surface area contributed by atoms with Gasteiger partial charge in [-0.1, -0.05) is 6.07 Å². The van der Waals surface area contributed by atoms with Crippen LogP contribution in [0.2, 0.25) is 0 Å². The summed E-state index contributed by atoms with van der Waals surface area (Å²) in [5, 5.41) is 3.87. The van der Waals surface area contributed by atoms with Gasteiger partial charge < -0.3 is 15.0 Å². The van der Waals surface area contributed by atoms with Gasteiger partial charge in [-0.2, -0.15) is 0 Å². The Labute approximate surface area is 151 Å². The molecule has 1 saturated heterocycles. The van der Waals surface area contributed by atoms with Gasteiger partial charge in [-0.15, -0.1) is 0 Å². The Morgan fingerprint density at radius 2 is 1.88 bits per heavy atom. The zero-order valence-electron chi connectivity index (χ0n) is 14.8. The maximum atomic E-state index is 14.8. The summed E-state index contributed by atoms with van der Waals surface area (Å²) in [6.07, 6.45) is 0. The van der Waals surface area contributed by atoms with E-state index < -0.39 is 0 Å². The van der Waals surface area contributed by atoms with E-state index in [9.17, 15) is 4.39 Å². The number of hydrogen-bond acceptors (Lipinski definition) is 6. The van der Waals surface area contributed by atoms with Crippen molar-refractivity contribution in [1.29, 1.82) is 0 Å². The summed E-state index contributed by atoms with van der Waals surface area (Å²) in [6.45, 7) is 4.55. The standard InChI is InChI=1S/C19H20FN5O/c1-12-22-18(21-2)13-6-7-15(24-19(13)23-12)17-14(20)4-3-5-16(17)25-8-10-26-11-9-25/h3-7H,8-11H2,1-2H3,(H,21,22,23,24). The minimum absolute atomic E-state index is 0.291. The monoisotopic (exact) mass is 353 g/mol. The summed E-state index contributed by atoms with van der Waals surface area (Å²) in [5.41, 5.74) is 2.45. The maximum Gasteiger partial charge on any atom is 0.165 e. The first-order valence-corrected chi connectivity index (χ1v) is 8.62. The number of halogens is 1. The second-order valence-corrected chi connectivity index (χ2v) is 6.17. The molecule has 0 spiro atoms. The summed E-state index contributed by atoms with van der Waals surface area (Å²) in [4.78, 5) is 15.6. The summed E-state index contributed by atoms with van der Waals surface area (Å²) >= 11 is 0. The lowest BCUT2D eigenvalue weighted by Gasteiger charge is -2.30. The highest BCUT2D eigenvalue weighted by molar-refractivity contribution is 5.89. The number of morpholine rings is 1. The lowest BCUT2D eigenvalue weighted by Crippen LogP contribution is -2.36. The molecule has 0 atom stereocenters. The fourth-order valence-electron chi connectivity index (χ4n) is 3.28. The molecule has 0 radical (unpaired) electrons. The second-order valence-electron chi connectivity index (χ2n) is 6.17. The lowest BCUT2D eigenvalue weighted by molar-refractivity contribution is 0.122. The Morgan fingerprint density at radius 1 is 1.08 bits per heavy atom. The number of aromatic nitrogens is 3. The van der Waals surface area contributed by atoms with Crippen molar-refractivity contribution in [3.63, 3.8) is 0 Å². The molecule has 1 N–H and O–H groups in total. The number of ether oxygens (including phenoxy) is 1. The largest absolute Gasteiger partial charge is 0.378 e. The number of rotatable bonds is 3.